The van der Waals surface area contributed by atoms with E-state index in [-0.39, 0.29) is 5.82 Å². The topological polar surface area (TPSA) is 46.5 Å². The largest absolute Gasteiger partial charge is 0.493 e. The number of rotatable bonds is 1. The Kier molecular flexibility index (Phi) is 2.90. The summed E-state index contributed by atoms with van der Waals surface area (Å²) in [5, 5.41) is 8.74. The van der Waals surface area contributed by atoms with Crippen molar-refractivity contribution in [3.63, 3.8) is 0 Å². The number of hydrogen-bond donors (Lipinski definition) is 1. The first-order chi connectivity index (χ1) is 7.66. The molecule has 0 saturated carbocycles. The molecule has 1 aliphatic heterocycles. The third-order valence-corrected chi connectivity index (χ3v) is 2.43. The zero-order valence-electron chi connectivity index (χ0n) is 8.57. The van der Waals surface area contributed by atoms with E-state index in [1.165, 1.54) is 18.2 Å². The van der Waals surface area contributed by atoms with Crippen LogP contribution in [0.3, 0.4) is 0 Å². The number of carbonyl (C=O) groups is 1. The molecule has 0 spiro atoms. The molecule has 4 heteroatoms. The first kappa shape index (κ1) is 10.7. The highest BCUT2D eigenvalue weighted by Crippen LogP contribution is 2.32. The van der Waals surface area contributed by atoms with Crippen LogP contribution in [0.1, 0.15) is 18.4 Å². The fraction of sp³-hybridized carbons (Fsp3) is 0.250. The molecular formula is C12H11FO3. The molecular weight excluding hydrogens is 211 g/mol. The number of fused-ring (bicyclic) bond motifs is 1. The van der Waals surface area contributed by atoms with Gasteiger partial charge in [0.1, 0.15) is 11.6 Å². The van der Waals surface area contributed by atoms with Crippen LogP contribution in [0.15, 0.2) is 24.3 Å². The summed E-state index contributed by atoms with van der Waals surface area (Å²) in [6, 6.07) is 4.16. The lowest BCUT2D eigenvalue weighted by molar-refractivity contribution is -0.131. The number of ether oxygens (including phenoxy) is 1. The summed E-state index contributed by atoms with van der Waals surface area (Å²) in [6.45, 7) is 0.523. The predicted octanol–water partition coefficient (Wildman–Crippen LogP) is 2.47. The van der Waals surface area contributed by atoms with Crippen LogP contribution >= 0.6 is 0 Å². The highest BCUT2D eigenvalue weighted by Gasteiger charge is 2.15. The van der Waals surface area contributed by atoms with Crippen molar-refractivity contribution in [1.82, 2.24) is 0 Å². The average molecular weight is 222 g/mol. The maximum Gasteiger partial charge on any atom is 0.328 e. The number of aliphatic carboxylic acids is 1. The summed E-state index contributed by atoms with van der Waals surface area (Å²) in [7, 11) is 0. The first-order valence-corrected chi connectivity index (χ1v) is 5.03. The summed E-state index contributed by atoms with van der Waals surface area (Å²) in [5.74, 6) is -0.862. The smallest absolute Gasteiger partial charge is 0.328 e. The lowest BCUT2D eigenvalue weighted by Crippen LogP contribution is -1.95. The number of carboxylic acid groups (broad SMARTS) is 1. The lowest BCUT2D eigenvalue weighted by Gasteiger charge is -2.07. The van der Waals surface area contributed by atoms with Crippen LogP contribution in [-0.4, -0.2) is 17.7 Å². The Labute approximate surface area is 92.2 Å². The van der Waals surface area contributed by atoms with Crippen molar-refractivity contribution in [3.8, 4) is 5.75 Å². The molecule has 16 heavy (non-hydrogen) atoms. The van der Waals surface area contributed by atoms with E-state index in [0.717, 1.165) is 12.5 Å². The van der Waals surface area contributed by atoms with Gasteiger partial charge in [-0.15, -0.1) is 0 Å². The van der Waals surface area contributed by atoms with E-state index in [4.69, 9.17) is 9.84 Å². The van der Waals surface area contributed by atoms with Crippen LogP contribution in [0.2, 0.25) is 0 Å². The van der Waals surface area contributed by atoms with Gasteiger partial charge in [-0.3, -0.25) is 0 Å². The van der Waals surface area contributed by atoms with Gasteiger partial charge >= 0.3 is 5.97 Å². The fourth-order valence-electron chi connectivity index (χ4n) is 1.76. The Balaban J connectivity index is 2.50. The second-order valence-corrected chi connectivity index (χ2v) is 3.60. The zero-order chi connectivity index (χ0) is 11.5. The summed E-state index contributed by atoms with van der Waals surface area (Å²) in [4.78, 5) is 10.7. The zero-order valence-corrected chi connectivity index (χ0v) is 8.57. The van der Waals surface area contributed by atoms with Gasteiger partial charge in [-0.05, 0) is 36.6 Å². The number of halogens is 1. The Morgan fingerprint density at radius 2 is 2.31 bits per heavy atom. The summed E-state index contributed by atoms with van der Waals surface area (Å²) >= 11 is 0. The van der Waals surface area contributed by atoms with Gasteiger partial charge in [0.15, 0.2) is 0 Å². The molecule has 0 bridgehead atoms. The third-order valence-electron chi connectivity index (χ3n) is 2.43. The van der Waals surface area contributed by atoms with Crippen LogP contribution in [-0.2, 0) is 4.79 Å². The highest BCUT2D eigenvalue weighted by atomic mass is 19.1. The maximum absolute atomic E-state index is 13.1. The van der Waals surface area contributed by atoms with E-state index in [1.54, 1.807) is 0 Å². The molecule has 1 heterocycles. The minimum Gasteiger partial charge on any atom is -0.493 e. The van der Waals surface area contributed by atoms with Crippen molar-refractivity contribution in [2.45, 2.75) is 12.8 Å². The summed E-state index contributed by atoms with van der Waals surface area (Å²) < 4.78 is 18.5. The molecule has 0 radical (unpaired) electrons. The van der Waals surface area contributed by atoms with Gasteiger partial charge in [0, 0.05) is 11.6 Å². The van der Waals surface area contributed by atoms with Crippen molar-refractivity contribution in [1.29, 1.82) is 0 Å². The Bertz CT molecular complexity index is 452. The van der Waals surface area contributed by atoms with Crippen LogP contribution in [0.4, 0.5) is 4.39 Å². The van der Waals surface area contributed by atoms with Crippen molar-refractivity contribution >= 4 is 11.5 Å². The molecule has 0 fully saturated rings. The third kappa shape index (κ3) is 2.21. The Morgan fingerprint density at radius 3 is 3.06 bits per heavy atom. The van der Waals surface area contributed by atoms with Crippen LogP contribution in [0, 0.1) is 5.82 Å². The average Bonchev–Trinajstić information content (AvgIpc) is 2.41. The van der Waals surface area contributed by atoms with E-state index in [1.807, 2.05) is 0 Å². The van der Waals surface area contributed by atoms with E-state index < -0.39 is 5.97 Å². The van der Waals surface area contributed by atoms with Crippen molar-refractivity contribution in [2.24, 2.45) is 0 Å². The van der Waals surface area contributed by atoms with Gasteiger partial charge in [-0.2, -0.15) is 0 Å². The van der Waals surface area contributed by atoms with Crippen LogP contribution < -0.4 is 4.74 Å². The van der Waals surface area contributed by atoms with E-state index in [9.17, 15) is 9.18 Å². The van der Waals surface area contributed by atoms with E-state index in [0.29, 0.717) is 29.9 Å². The standard InChI is InChI=1S/C12H11FO3/c13-9-3-4-11-10(7-9)8(6-12(14)15)2-1-5-16-11/h3-4,6-7H,1-2,5H2,(H,14,15)/b8-6+. The molecule has 0 unspecified atom stereocenters. The highest BCUT2D eigenvalue weighted by molar-refractivity contribution is 5.91. The summed E-state index contributed by atoms with van der Waals surface area (Å²) in [5.41, 5.74) is 1.15. The van der Waals surface area contributed by atoms with Gasteiger partial charge in [0.05, 0.1) is 6.61 Å². The second-order valence-electron chi connectivity index (χ2n) is 3.60. The minimum atomic E-state index is -1.02. The van der Waals surface area contributed by atoms with Gasteiger partial charge in [-0.25, -0.2) is 9.18 Å². The van der Waals surface area contributed by atoms with E-state index in [2.05, 4.69) is 0 Å². The quantitative estimate of drug-likeness (QED) is 0.742. The van der Waals surface area contributed by atoms with Crippen molar-refractivity contribution < 1.29 is 19.0 Å². The molecule has 0 amide bonds. The Morgan fingerprint density at radius 1 is 1.50 bits per heavy atom. The summed E-state index contributed by atoms with van der Waals surface area (Å²) in [6.07, 6.45) is 2.44. The van der Waals surface area contributed by atoms with Crippen molar-refractivity contribution in [2.75, 3.05) is 6.61 Å². The maximum atomic E-state index is 13.1. The van der Waals surface area contributed by atoms with Gasteiger partial charge in [0.2, 0.25) is 0 Å². The molecule has 1 aromatic rings. The minimum absolute atomic E-state index is 0.388. The van der Waals surface area contributed by atoms with Gasteiger partial charge < -0.3 is 9.84 Å². The SMILES string of the molecule is O=C(O)/C=C1\CCCOc2ccc(F)cc21. The molecule has 1 aliphatic rings. The van der Waals surface area contributed by atoms with Crippen molar-refractivity contribution in [3.05, 3.63) is 35.7 Å². The molecule has 1 N–H and O–H groups in total. The van der Waals surface area contributed by atoms with Gasteiger partial charge in [0.25, 0.3) is 0 Å². The molecule has 0 saturated heterocycles. The van der Waals surface area contributed by atoms with E-state index >= 15 is 0 Å². The Hall–Kier alpha value is -1.84. The number of allylic oxidation sites excluding steroid dienone is 1. The number of carboxylic acids is 1. The number of benzene rings is 1. The molecule has 0 atom stereocenters. The molecule has 2 rings (SSSR count). The monoisotopic (exact) mass is 222 g/mol. The molecule has 3 nitrogen and oxygen atoms in total. The molecule has 0 aliphatic carbocycles. The predicted molar refractivity (Wildman–Crippen MR) is 56.7 cm³/mol. The first-order valence-electron chi connectivity index (χ1n) is 5.03. The molecule has 84 valence electrons. The normalized spacial score (nSPS) is 17.4. The number of hydrogen-bond acceptors (Lipinski definition) is 2. The van der Waals surface area contributed by atoms with Crippen LogP contribution in [0.25, 0.3) is 5.57 Å². The fourth-order valence-corrected chi connectivity index (χ4v) is 1.76. The van der Waals surface area contributed by atoms with Crippen LogP contribution in [0.5, 0.6) is 5.75 Å². The van der Waals surface area contributed by atoms with Gasteiger partial charge in [-0.1, -0.05) is 0 Å². The molecule has 0 aromatic heterocycles. The second kappa shape index (κ2) is 4.35. The lowest BCUT2D eigenvalue weighted by atomic mass is 10.0. The molecule has 1 aromatic carbocycles.